The Bertz CT molecular complexity index is 697. The molecule has 0 spiro atoms. The van der Waals surface area contributed by atoms with Crippen molar-refractivity contribution in [3.05, 3.63) is 58.0 Å². The Hall–Kier alpha value is -2.67. The number of hydrogen-bond acceptors (Lipinski definition) is 5. The summed E-state index contributed by atoms with van der Waals surface area (Å²) in [7, 11) is 0. The van der Waals surface area contributed by atoms with Crippen LogP contribution < -0.4 is 21.6 Å². The highest BCUT2D eigenvalue weighted by atomic mass is 16.5. The Morgan fingerprint density at radius 1 is 1.43 bits per heavy atom. The van der Waals surface area contributed by atoms with Gasteiger partial charge in [-0.2, -0.15) is 5.10 Å². The SMILES string of the molecule is Cc1cnn(CCOc2ccccc2C(=O)NN)c(=O)c1. The predicted molar refractivity (Wildman–Crippen MR) is 76.8 cm³/mol. The number of rotatable bonds is 5. The summed E-state index contributed by atoms with van der Waals surface area (Å²) < 4.78 is 6.84. The van der Waals surface area contributed by atoms with Crippen LogP contribution in [0.3, 0.4) is 0 Å². The van der Waals surface area contributed by atoms with E-state index in [-0.39, 0.29) is 18.7 Å². The molecule has 0 atom stereocenters. The van der Waals surface area contributed by atoms with Gasteiger partial charge in [-0.1, -0.05) is 12.1 Å². The summed E-state index contributed by atoms with van der Waals surface area (Å²) in [5.74, 6) is 5.09. The summed E-state index contributed by atoms with van der Waals surface area (Å²) in [6.07, 6.45) is 1.61. The van der Waals surface area contributed by atoms with Gasteiger partial charge in [-0.25, -0.2) is 10.5 Å². The van der Waals surface area contributed by atoms with Crippen molar-refractivity contribution in [2.75, 3.05) is 6.61 Å². The van der Waals surface area contributed by atoms with Gasteiger partial charge in [-0.15, -0.1) is 0 Å². The Morgan fingerprint density at radius 3 is 2.90 bits per heavy atom. The van der Waals surface area contributed by atoms with Crippen molar-refractivity contribution < 1.29 is 9.53 Å². The van der Waals surface area contributed by atoms with Crippen molar-refractivity contribution in [2.24, 2.45) is 5.84 Å². The van der Waals surface area contributed by atoms with Crippen LogP contribution in [0.25, 0.3) is 0 Å². The quantitative estimate of drug-likeness (QED) is 0.466. The molecule has 0 radical (unpaired) electrons. The third-order valence-corrected chi connectivity index (χ3v) is 2.83. The lowest BCUT2D eigenvalue weighted by atomic mass is 10.2. The highest BCUT2D eigenvalue weighted by molar-refractivity contribution is 5.96. The van der Waals surface area contributed by atoms with Gasteiger partial charge in [-0.3, -0.25) is 15.0 Å². The number of nitrogens with two attached hydrogens (primary N) is 1. The standard InChI is InChI=1S/C14H16N4O3/c1-10-8-13(19)18(16-9-10)6-7-21-12-5-3-2-4-11(12)14(20)17-15/h2-5,8-9H,6-7,15H2,1H3,(H,17,20). The van der Waals surface area contributed by atoms with E-state index in [1.54, 1.807) is 37.4 Å². The number of nitrogen functional groups attached to an aromatic ring is 1. The lowest BCUT2D eigenvalue weighted by Gasteiger charge is -2.10. The maximum Gasteiger partial charge on any atom is 0.268 e. The predicted octanol–water partition coefficient (Wildman–Crippen LogP) is 0.234. The van der Waals surface area contributed by atoms with Gasteiger partial charge in [0.2, 0.25) is 0 Å². The highest BCUT2D eigenvalue weighted by Gasteiger charge is 2.10. The van der Waals surface area contributed by atoms with Crippen LogP contribution in [0.2, 0.25) is 0 Å². The molecule has 0 aliphatic rings. The Morgan fingerprint density at radius 2 is 2.19 bits per heavy atom. The molecule has 0 bridgehead atoms. The number of ether oxygens (including phenoxy) is 1. The summed E-state index contributed by atoms with van der Waals surface area (Å²) in [6.45, 7) is 2.31. The van der Waals surface area contributed by atoms with E-state index in [9.17, 15) is 9.59 Å². The number of benzene rings is 1. The minimum absolute atomic E-state index is 0.188. The zero-order valence-electron chi connectivity index (χ0n) is 11.6. The highest BCUT2D eigenvalue weighted by Crippen LogP contribution is 2.17. The molecule has 0 aliphatic carbocycles. The first-order chi connectivity index (χ1) is 10.1. The monoisotopic (exact) mass is 288 g/mol. The van der Waals surface area contributed by atoms with Crippen LogP contribution in [0.4, 0.5) is 0 Å². The van der Waals surface area contributed by atoms with E-state index in [4.69, 9.17) is 10.6 Å². The molecule has 0 aliphatic heterocycles. The van der Waals surface area contributed by atoms with Crippen LogP contribution in [-0.2, 0) is 6.54 Å². The Kier molecular flexibility index (Phi) is 4.68. The molecule has 0 fully saturated rings. The number of carbonyl (C=O) groups is 1. The molecule has 21 heavy (non-hydrogen) atoms. The van der Waals surface area contributed by atoms with Crippen LogP contribution in [0.15, 0.2) is 41.3 Å². The number of hydrazine groups is 1. The molecule has 1 aromatic heterocycles. The van der Waals surface area contributed by atoms with Gasteiger partial charge in [-0.05, 0) is 24.6 Å². The molecule has 7 heteroatoms. The largest absolute Gasteiger partial charge is 0.491 e. The van der Waals surface area contributed by atoms with E-state index in [0.717, 1.165) is 5.56 Å². The van der Waals surface area contributed by atoms with Crippen molar-refractivity contribution in [2.45, 2.75) is 13.5 Å². The number of carbonyl (C=O) groups excluding carboxylic acids is 1. The van der Waals surface area contributed by atoms with Crippen molar-refractivity contribution in [1.29, 1.82) is 0 Å². The summed E-state index contributed by atoms with van der Waals surface area (Å²) in [5.41, 5.74) is 3.02. The molecule has 1 heterocycles. The summed E-state index contributed by atoms with van der Waals surface area (Å²) >= 11 is 0. The van der Waals surface area contributed by atoms with Gasteiger partial charge < -0.3 is 4.74 Å². The zero-order valence-corrected chi connectivity index (χ0v) is 11.6. The average Bonchev–Trinajstić information content (AvgIpc) is 2.49. The number of aryl methyl sites for hydroxylation is 1. The Labute approximate surface area is 121 Å². The van der Waals surface area contributed by atoms with E-state index in [1.807, 2.05) is 0 Å². The lowest BCUT2D eigenvalue weighted by molar-refractivity contribution is 0.0949. The van der Waals surface area contributed by atoms with E-state index in [0.29, 0.717) is 11.3 Å². The van der Waals surface area contributed by atoms with E-state index in [2.05, 4.69) is 10.5 Å². The summed E-state index contributed by atoms with van der Waals surface area (Å²) in [6, 6.07) is 8.23. The molecular formula is C14H16N4O3. The minimum atomic E-state index is -0.434. The molecule has 0 saturated carbocycles. The third kappa shape index (κ3) is 3.67. The molecule has 2 aromatic rings. The number of amides is 1. The first-order valence-corrected chi connectivity index (χ1v) is 6.38. The first-order valence-electron chi connectivity index (χ1n) is 6.38. The lowest BCUT2D eigenvalue weighted by Crippen LogP contribution is -2.30. The molecule has 110 valence electrons. The fourth-order valence-corrected chi connectivity index (χ4v) is 1.79. The van der Waals surface area contributed by atoms with Crippen LogP contribution in [0.1, 0.15) is 15.9 Å². The van der Waals surface area contributed by atoms with Gasteiger partial charge in [0.1, 0.15) is 12.4 Å². The van der Waals surface area contributed by atoms with Crippen molar-refractivity contribution in [3.8, 4) is 5.75 Å². The second kappa shape index (κ2) is 6.67. The van der Waals surface area contributed by atoms with E-state index in [1.165, 1.54) is 10.7 Å². The fraction of sp³-hybridized carbons (Fsp3) is 0.214. The third-order valence-electron chi connectivity index (χ3n) is 2.83. The number of nitrogens with zero attached hydrogens (tertiary/aromatic N) is 2. The van der Waals surface area contributed by atoms with Gasteiger partial charge in [0.15, 0.2) is 0 Å². The van der Waals surface area contributed by atoms with Gasteiger partial charge in [0.05, 0.1) is 18.3 Å². The van der Waals surface area contributed by atoms with Crippen LogP contribution >= 0.6 is 0 Å². The second-order valence-electron chi connectivity index (χ2n) is 4.41. The zero-order chi connectivity index (χ0) is 15.2. The van der Waals surface area contributed by atoms with E-state index >= 15 is 0 Å². The van der Waals surface area contributed by atoms with Crippen molar-refractivity contribution in [3.63, 3.8) is 0 Å². The van der Waals surface area contributed by atoms with Crippen LogP contribution in [-0.4, -0.2) is 22.3 Å². The van der Waals surface area contributed by atoms with Gasteiger partial charge in [0.25, 0.3) is 11.5 Å². The maximum absolute atomic E-state index is 11.7. The number of hydrogen-bond donors (Lipinski definition) is 2. The van der Waals surface area contributed by atoms with Crippen LogP contribution in [0.5, 0.6) is 5.75 Å². The molecule has 3 N–H and O–H groups in total. The Balaban J connectivity index is 2.04. The van der Waals surface area contributed by atoms with Gasteiger partial charge in [0, 0.05) is 6.07 Å². The topological polar surface area (TPSA) is 99.2 Å². The normalized spacial score (nSPS) is 10.2. The van der Waals surface area contributed by atoms with Crippen LogP contribution in [0, 0.1) is 6.92 Å². The number of aromatic nitrogens is 2. The second-order valence-corrected chi connectivity index (χ2v) is 4.41. The molecular weight excluding hydrogens is 272 g/mol. The minimum Gasteiger partial charge on any atom is -0.491 e. The number of nitrogens with one attached hydrogen (secondary N) is 1. The summed E-state index contributed by atoms with van der Waals surface area (Å²) in [4.78, 5) is 23.2. The maximum atomic E-state index is 11.7. The smallest absolute Gasteiger partial charge is 0.268 e. The molecule has 0 unspecified atom stereocenters. The fourth-order valence-electron chi connectivity index (χ4n) is 1.79. The molecule has 7 nitrogen and oxygen atoms in total. The molecule has 1 amide bonds. The van der Waals surface area contributed by atoms with Crippen molar-refractivity contribution >= 4 is 5.91 Å². The van der Waals surface area contributed by atoms with E-state index < -0.39 is 5.91 Å². The molecule has 2 rings (SSSR count). The number of para-hydroxylation sites is 1. The molecule has 0 saturated heterocycles. The summed E-state index contributed by atoms with van der Waals surface area (Å²) in [5, 5.41) is 4.01. The van der Waals surface area contributed by atoms with Gasteiger partial charge >= 0.3 is 0 Å². The van der Waals surface area contributed by atoms with Crippen molar-refractivity contribution in [1.82, 2.24) is 15.2 Å². The average molecular weight is 288 g/mol. The molecule has 1 aromatic carbocycles. The first kappa shape index (κ1) is 14.7.